The van der Waals surface area contributed by atoms with Crippen LogP contribution < -0.4 is 16.0 Å². The van der Waals surface area contributed by atoms with Gasteiger partial charge in [-0.2, -0.15) is 0 Å². The maximum absolute atomic E-state index is 11.7. The molecule has 0 saturated carbocycles. The van der Waals surface area contributed by atoms with Crippen LogP contribution >= 0.6 is 0 Å². The summed E-state index contributed by atoms with van der Waals surface area (Å²) >= 11 is 0. The molecule has 8 fully saturated rings. The second-order valence-electron chi connectivity index (χ2n) is 41.0. The number of nitrogens with one attached hydrogen (secondary N) is 3. The Kier molecular flexibility index (Phi) is 44.6. The van der Waals surface area contributed by atoms with E-state index in [0.29, 0.717) is 51.6 Å². The summed E-state index contributed by atoms with van der Waals surface area (Å²) in [5.74, 6) is 6.31. The standard InChI is InChI=1S/C19H31N.C18H34N2.C15H31N3O.2C15H30N2.C13H28N2/c1-5-6-7-9-16-11-13-17(14-12-16)18-10-8-15-20(18)19(2,3)4;1-6-7-8-9-10-11-12-14-20-15-13-17(16-20)19(5)18(2,3)4;1-5-6-7-8-14(19)17-11-13-12-18(10-9-16-13)15(2,3)4;1-5-6-7-10-16-12-15(13-16)9-8-11-17(15)14(2,3)4;1-5-6-7-9-16-11-15(12-16)8-10-17(13-15)14(2,3)4;1-5-6-7-9-14-12-8-10-15(11-12)13(2,3)4/h11-14,18H,5-10,15H2,1-4H3;17H,8-16H2,1-5H3;13,16H,5-12H2,1-4H3,(H,17,19);2*5-13H2,1-4H3;12,14H,5-11H2,1-4H3. The van der Waals surface area contributed by atoms with Gasteiger partial charge in [-0.25, -0.2) is 0 Å². The maximum atomic E-state index is 11.7. The number of amides is 1. The van der Waals surface area contributed by atoms with E-state index < -0.39 is 0 Å². The smallest absolute Gasteiger partial charge is 0.220 e. The number of hydrogen-bond donors (Lipinski definition) is 3. The fraction of sp³-hybridized carbons (Fsp3) is 0.905. The highest BCUT2D eigenvalue weighted by Crippen LogP contribution is 2.44. The number of rotatable bonds is 31. The molecule has 1 aromatic rings. The van der Waals surface area contributed by atoms with Gasteiger partial charge in [-0.05, 0) is 298 Å². The van der Waals surface area contributed by atoms with Crippen LogP contribution in [0.2, 0.25) is 0 Å². The maximum Gasteiger partial charge on any atom is 0.220 e. The van der Waals surface area contributed by atoms with Crippen LogP contribution in [-0.4, -0.2) is 245 Å². The first-order chi connectivity index (χ1) is 50.9. The number of likely N-dealkylation sites (N-methyl/N-ethyl adjacent to an activating group) is 1. The minimum Gasteiger partial charge on any atom is -0.354 e. The van der Waals surface area contributed by atoms with Crippen LogP contribution in [-0.2, 0) is 11.2 Å². The molecule has 2 spiro atoms. The third kappa shape index (κ3) is 36.3. The Hall–Kier alpha value is -2.19. The molecule has 4 atom stereocenters. The topological polar surface area (TPSA) is 82.3 Å². The van der Waals surface area contributed by atoms with Crippen molar-refractivity contribution in [3.05, 3.63) is 35.4 Å². The van der Waals surface area contributed by atoms with Gasteiger partial charge in [-0.15, -0.1) is 11.8 Å². The van der Waals surface area contributed by atoms with Crippen LogP contribution in [0.3, 0.4) is 0 Å². The zero-order valence-electron chi connectivity index (χ0n) is 76.7. The van der Waals surface area contributed by atoms with Crippen molar-refractivity contribution in [3.63, 3.8) is 0 Å². The average Bonchev–Trinajstić information content (AvgIpc) is 1.55. The third-order valence-electron chi connectivity index (χ3n) is 25.3. The molecule has 1 amide bonds. The van der Waals surface area contributed by atoms with E-state index in [4.69, 9.17) is 0 Å². The Morgan fingerprint density at radius 3 is 1.66 bits per heavy atom. The largest absolute Gasteiger partial charge is 0.354 e. The second kappa shape index (κ2) is 49.0. The molecule has 8 heterocycles. The lowest BCUT2D eigenvalue weighted by Crippen LogP contribution is -2.70. The first-order valence-electron chi connectivity index (χ1n) is 45.8. The number of aryl methyl sites for hydroxylation is 1. The number of hydrogen-bond acceptors (Lipinski definition) is 12. The lowest BCUT2D eigenvalue weighted by atomic mass is 9.79. The van der Waals surface area contributed by atoms with E-state index in [2.05, 4.69) is 262 Å². The molecule has 13 nitrogen and oxygen atoms in total. The number of piperazine rings is 1. The van der Waals surface area contributed by atoms with Crippen LogP contribution in [0.25, 0.3) is 0 Å². The molecule has 630 valence electrons. The number of carbonyl (C=O) groups is 1. The van der Waals surface area contributed by atoms with Gasteiger partial charge in [-0.1, -0.05) is 136 Å². The Bertz CT molecular complexity index is 2560. The SMILES string of the molecule is CC#CCCCCCCN1CCC(N(C)C(C)(C)C)C1.CCCCCC(=O)NCC1CN(C(C)(C)C)CCN1.CCCCCN1CC2(CCCN2C(C)(C)C)C1.CCCCCN1CC2(CCN(C(C)(C)C)C2)C1.CCCCCNC1CCN(C(C)(C)C)C1.CCCCCc1ccc(C2CCCN2C(C)(C)C)cc1. The molecule has 13 heteroatoms. The molecule has 0 radical (unpaired) electrons. The minimum absolute atomic E-state index is 0.197. The summed E-state index contributed by atoms with van der Waals surface area (Å²) in [5, 5.41) is 10.2. The monoisotopic (exact) mass is 1510 g/mol. The molecular formula is C95H184N12O. The van der Waals surface area contributed by atoms with Gasteiger partial charge in [-0.3, -0.25) is 39.1 Å². The molecular weight excluding hydrogens is 1330 g/mol. The molecule has 8 saturated heterocycles. The fourth-order valence-corrected chi connectivity index (χ4v) is 18.2. The second-order valence-corrected chi connectivity index (χ2v) is 41.0. The molecule has 3 N–H and O–H groups in total. The zero-order valence-corrected chi connectivity index (χ0v) is 76.7. The van der Waals surface area contributed by atoms with E-state index in [0.717, 1.165) is 63.9 Å². The molecule has 1 aromatic carbocycles. The van der Waals surface area contributed by atoms with Crippen molar-refractivity contribution in [1.82, 2.24) is 60.0 Å². The lowest BCUT2D eigenvalue weighted by Gasteiger charge is -2.57. The Morgan fingerprint density at radius 2 is 1.09 bits per heavy atom. The zero-order chi connectivity index (χ0) is 80.2. The van der Waals surface area contributed by atoms with Crippen LogP contribution in [0.5, 0.6) is 0 Å². The fourth-order valence-electron chi connectivity index (χ4n) is 18.2. The Morgan fingerprint density at radius 1 is 0.528 bits per heavy atom. The van der Waals surface area contributed by atoms with Crippen molar-refractivity contribution < 1.29 is 4.79 Å². The van der Waals surface area contributed by atoms with Gasteiger partial charge in [0, 0.05) is 160 Å². The van der Waals surface area contributed by atoms with Crippen molar-refractivity contribution in [3.8, 4) is 11.8 Å². The van der Waals surface area contributed by atoms with Crippen LogP contribution in [0, 0.1) is 17.3 Å². The van der Waals surface area contributed by atoms with Gasteiger partial charge in [0.1, 0.15) is 0 Å². The first kappa shape index (κ1) is 98.2. The summed E-state index contributed by atoms with van der Waals surface area (Å²) < 4.78 is 0. The summed E-state index contributed by atoms with van der Waals surface area (Å²) in [7, 11) is 2.28. The summed E-state index contributed by atoms with van der Waals surface area (Å²) in [6, 6.07) is 11.9. The minimum atomic E-state index is 0.197. The number of nitrogens with zero attached hydrogens (tertiary/aromatic N) is 9. The number of likely N-dealkylation sites (tertiary alicyclic amines) is 7. The lowest BCUT2D eigenvalue weighted by molar-refractivity contribution is -0.121. The highest BCUT2D eigenvalue weighted by Gasteiger charge is 2.53. The summed E-state index contributed by atoms with van der Waals surface area (Å²) in [5.41, 5.74) is 6.08. The van der Waals surface area contributed by atoms with Gasteiger partial charge >= 0.3 is 0 Å². The molecule has 108 heavy (non-hydrogen) atoms. The molecule has 0 bridgehead atoms. The molecule has 0 aliphatic carbocycles. The van der Waals surface area contributed by atoms with Crippen molar-refractivity contribution in [2.75, 3.05) is 138 Å². The van der Waals surface area contributed by atoms with Gasteiger partial charge in [0.15, 0.2) is 0 Å². The number of benzene rings is 1. The van der Waals surface area contributed by atoms with E-state index >= 15 is 0 Å². The average molecular weight is 1510 g/mol. The first-order valence-corrected chi connectivity index (χ1v) is 45.8. The third-order valence-corrected chi connectivity index (χ3v) is 25.3. The Balaban J connectivity index is 0.000000274. The number of carbonyl (C=O) groups excluding carboxylic acids is 1. The molecule has 9 rings (SSSR count). The van der Waals surface area contributed by atoms with Gasteiger partial charge in [0.2, 0.25) is 5.91 Å². The molecule has 8 aliphatic heterocycles. The van der Waals surface area contributed by atoms with Gasteiger partial charge in [0.25, 0.3) is 0 Å². The molecule has 4 unspecified atom stereocenters. The van der Waals surface area contributed by atoms with Gasteiger partial charge < -0.3 is 25.8 Å². The number of unbranched alkanes of at least 4 members (excludes halogenated alkanes) is 14. The predicted molar refractivity (Wildman–Crippen MR) is 473 cm³/mol. The van der Waals surface area contributed by atoms with E-state index in [9.17, 15) is 4.79 Å². The van der Waals surface area contributed by atoms with Crippen LogP contribution in [0.15, 0.2) is 24.3 Å². The van der Waals surface area contributed by atoms with E-state index in [-0.39, 0.29) is 17.0 Å². The predicted octanol–water partition coefficient (Wildman–Crippen LogP) is 19.6. The Labute approximate surface area is 673 Å². The summed E-state index contributed by atoms with van der Waals surface area (Å²) in [4.78, 5) is 35.4. The molecule has 8 aliphatic rings. The van der Waals surface area contributed by atoms with E-state index in [1.807, 2.05) is 6.92 Å². The van der Waals surface area contributed by atoms with Crippen LogP contribution in [0.1, 0.15) is 363 Å². The van der Waals surface area contributed by atoms with Gasteiger partial charge in [0.05, 0.1) is 0 Å². The van der Waals surface area contributed by atoms with Crippen molar-refractivity contribution in [2.45, 2.75) is 415 Å². The van der Waals surface area contributed by atoms with Crippen molar-refractivity contribution >= 4 is 5.91 Å². The summed E-state index contributed by atoms with van der Waals surface area (Å²) in [6.45, 7) is 79.6. The van der Waals surface area contributed by atoms with E-state index in [1.165, 1.54) is 270 Å². The van der Waals surface area contributed by atoms with Crippen molar-refractivity contribution in [2.24, 2.45) is 5.41 Å². The van der Waals surface area contributed by atoms with Crippen LogP contribution in [0.4, 0.5) is 0 Å². The van der Waals surface area contributed by atoms with Crippen molar-refractivity contribution in [1.29, 1.82) is 0 Å². The quantitative estimate of drug-likeness (QED) is 0.0489. The molecule has 0 aromatic heterocycles. The highest BCUT2D eigenvalue weighted by atomic mass is 16.1. The highest BCUT2D eigenvalue weighted by molar-refractivity contribution is 5.75. The summed E-state index contributed by atoms with van der Waals surface area (Å²) in [6.07, 6.45) is 37.5. The van der Waals surface area contributed by atoms with E-state index in [1.54, 1.807) is 0 Å². The normalized spacial score (nSPS) is 22.6.